The molecule has 12 heteroatoms. The first-order valence-corrected chi connectivity index (χ1v) is 14.0. The minimum absolute atomic E-state index is 0.0338. The number of ether oxygens (including phenoxy) is 2. The van der Waals surface area contributed by atoms with Crippen LogP contribution in [0.1, 0.15) is 68.9 Å². The highest BCUT2D eigenvalue weighted by atomic mass is 19.1. The lowest BCUT2D eigenvalue weighted by Crippen LogP contribution is -2.42. The van der Waals surface area contributed by atoms with Crippen LogP contribution in [0, 0.1) is 23.4 Å². The number of aromatic nitrogens is 2. The van der Waals surface area contributed by atoms with Crippen LogP contribution in [-0.4, -0.2) is 51.9 Å². The van der Waals surface area contributed by atoms with Crippen LogP contribution in [0.25, 0.3) is 11.3 Å². The number of anilines is 1. The minimum atomic E-state index is -1.15. The molecule has 1 aromatic carbocycles. The van der Waals surface area contributed by atoms with E-state index in [2.05, 4.69) is 27.5 Å². The van der Waals surface area contributed by atoms with Gasteiger partial charge < -0.3 is 25.2 Å². The summed E-state index contributed by atoms with van der Waals surface area (Å²) in [5.74, 6) is -4.01. The molecule has 230 valence electrons. The van der Waals surface area contributed by atoms with E-state index in [1.54, 1.807) is 33.0 Å². The highest BCUT2D eigenvalue weighted by Crippen LogP contribution is 2.39. The largest absolute Gasteiger partial charge is 0.491 e. The number of hydrogen-bond acceptors (Lipinski definition) is 7. The van der Waals surface area contributed by atoms with Crippen LogP contribution in [0.3, 0.4) is 0 Å². The molecule has 0 bridgehead atoms. The lowest BCUT2D eigenvalue weighted by atomic mass is 9.76. The highest BCUT2D eigenvalue weighted by Gasteiger charge is 2.31. The molecule has 3 aromatic rings. The van der Waals surface area contributed by atoms with Crippen molar-refractivity contribution in [2.75, 3.05) is 18.5 Å². The molecule has 1 aliphatic rings. The molecule has 4 rings (SSSR count). The number of nitrogens with zero attached hydrogens (tertiary/aromatic N) is 2. The Morgan fingerprint density at radius 1 is 1.05 bits per heavy atom. The van der Waals surface area contributed by atoms with E-state index in [9.17, 15) is 22.8 Å². The summed E-state index contributed by atoms with van der Waals surface area (Å²) in [5, 5.41) is 14.6. The summed E-state index contributed by atoms with van der Waals surface area (Å²) >= 11 is 0. The van der Waals surface area contributed by atoms with E-state index in [1.165, 1.54) is 6.20 Å². The van der Waals surface area contributed by atoms with Gasteiger partial charge in [-0.05, 0) is 75.6 Å². The summed E-state index contributed by atoms with van der Waals surface area (Å²) in [6.45, 7) is 6.92. The predicted molar refractivity (Wildman–Crippen MR) is 153 cm³/mol. The van der Waals surface area contributed by atoms with Gasteiger partial charge in [0, 0.05) is 24.4 Å². The molecule has 9 nitrogen and oxygen atoms in total. The van der Waals surface area contributed by atoms with Crippen LogP contribution < -0.4 is 15.4 Å². The van der Waals surface area contributed by atoms with E-state index in [-0.39, 0.29) is 42.5 Å². The fourth-order valence-corrected chi connectivity index (χ4v) is 5.27. The van der Waals surface area contributed by atoms with Gasteiger partial charge in [0.2, 0.25) is 0 Å². The first kappa shape index (κ1) is 31.7. The maximum absolute atomic E-state index is 14.8. The molecule has 1 fully saturated rings. The second-order valence-corrected chi connectivity index (χ2v) is 11.6. The molecule has 3 atom stereocenters. The molecule has 2 heterocycles. The Bertz CT molecular complexity index is 1460. The maximum atomic E-state index is 14.8. The second kappa shape index (κ2) is 13.4. The standard InChI is InChI=1S/C31H35F3N4O5/c1-17-11-18(13-19(12-17)36-30(41)43-31(2,3)4)21-7-8-35-16-26(21)38-29(40)25-6-5-22(32)28(37-25)27-23(33)14-20(15-24(27)34)42-10-9-39/h5-8,14-19,39H,9-13H2,1-4H3,(H,36,41)(H,38,40)/t17-,18?,19?/m0/s1. The molecule has 0 spiro atoms. The molecule has 0 aliphatic heterocycles. The monoisotopic (exact) mass is 600 g/mol. The molecular formula is C31H35F3N4O5. The molecule has 1 aliphatic carbocycles. The van der Waals surface area contributed by atoms with E-state index in [1.807, 2.05) is 0 Å². The average Bonchev–Trinajstić information content (AvgIpc) is 2.91. The van der Waals surface area contributed by atoms with E-state index in [4.69, 9.17) is 14.6 Å². The van der Waals surface area contributed by atoms with Gasteiger partial charge in [0.05, 0.1) is 24.1 Å². The van der Waals surface area contributed by atoms with Crippen molar-refractivity contribution in [2.45, 2.75) is 64.5 Å². The summed E-state index contributed by atoms with van der Waals surface area (Å²) < 4.78 is 54.8. The first-order chi connectivity index (χ1) is 20.3. The van der Waals surface area contributed by atoms with Crippen molar-refractivity contribution in [2.24, 2.45) is 5.92 Å². The molecule has 1 saturated carbocycles. The smallest absolute Gasteiger partial charge is 0.407 e. The quantitative estimate of drug-likeness (QED) is 0.291. The molecule has 2 amide bonds. The number of aliphatic hydroxyl groups is 1. The third-order valence-corrected chi connectivity index (χ3v) is 6.90. The van der Waals surface area contributed by atoms with Crippen molar-refractivity contribution in [1.29, 1.82) is 0 Å². The van der Waals surface area contributed by atoms with Gasteiger partial charge in [-0.15, -0.1) is 0 Å². The summed E-state index contributed by atoms with van der Waals surface area (Å²) in [5.41, 5.74) is -1.14. The molecule has 43 heavy (non-hydrogen) atoms. The number of nitrogens with one attached hydrogen (secondary N) is 2. The molecular weight excluding hydrogens is 565 g/mol. The summed E-state index contributed by atoms with van der Waals surface area (Å²) in [7, 11) is 0. The fraction of sp³-hybridized carbons (Fsp3) is 0.419. The van der Waals surface area contributed by atoms with Gasteiger partial charge >= 0.3 is 6.09 Å². The number of pyridine rings is 2. The Labute approximate surface area is 247 Å². The van der Waals surface area contributed by atoms with Gasteiger partial charge in [-0.3, -0.25) is 9.78 Å². The zero-order valence-corrected chi connectivity index (χ0v) is 24.4. The molecule has 0 radical (unpaired) electrons. The van der Waals surface area contributed by atoms with E-state index < -0.39 is 46.3 Å². The van der Waals surface area contributed by atoms with Crippen molar-refractivity contribution in [1.82, 2.24) is 15.3 Å². The highest BCUT2D eigenvalue weighted by molar-refractivity contribution is 6.03. The molecule has 2 unspecified atom stereocenters. The number of alkyl carbamates (subject to hydrolysis) is 1. The van der Waals surface area contributed by atoms with E-state index in [0.717, 1.165) is 42.7 Å². The molecule has 0 saturated heterocycles. The number of rotatable bonds is 8. The van der Waals surface area contributed by atoms with Gasteiger partial charge in [0.25, 0.3) is 5.91 Å². The third kappa shape index (κ3) is 8.22. The normalized spacial score (nSPS) is 18.6. The second-order valence-electron chi connectivity index (χ2n) is 11.6. The van der Waals surface area contributed by atoms with Crippen molar-refractivity contribution in [3.8, 4) is 17.0 Å². The van der Waals surface area contributed by atoms with Crippen LogP contribution in [0.15, 0.2) is 42.7 Å². The van der Waals surface area contributed by atoms with Crippen LogP contribution in [0.2, 0.25) is 0 Å². The van der Waals surface area contributed by atoms with E-state index >= 15 is 0 Å². The third-order valence-electron chi connectivity index (χ3n) is 6.90. The van der Waals surface area contributed by atoms with Gasteiger partial charge in [-0.1, -0.05) is 6.92 Å². The van der Waals surface area contributed by atoms with Crippen LogP contribution in [0.5, 0.6) is 5.75 Å². The lowest BCUT2D eigenvalue weighted by molar-refractivity contribution is 0.0482. The number of aliphatic hydroxyl groups excluding tert-OH is 1. The number of amides is 2. The Kier molecular flexibility index (Phi) is 9.90. The fourth-order valence-electron chi connectivity index (χ4n) is 5.27. The van der Waals surface area contributed by atoms with Crippen LogP contribution in [-0.2, 0) is 4.74 Å². The number of halogens is 3. The summed E-state index contributed by atoms with van der Waals surface area (Å²) in [6.07, 6.45) is 4.77. The SMILES string of the molecule is C[C@@H]1CC(NC(=O)OC(C)(C)C)CC(c2ccncc2NC(=O)c2ccc(F)c(-c3c(F)cc(OCCO)cc3F)n2)C1. The maximum Gasteiger partial charge on any atom is 0.407 e. The number of carbonyl (C=O) groups excluding carboxylic acids is 2. The van der Waals surface area contributed by atoms with Crippen LogP contribution in [0.4, 0.5) is 23.7 Å². The molecule has 2 aromatic heterocycles. The number of carbonyl (C=O) groups is 2. The summed E-state index contributed by atoms with van der Waals surface area (Å²) in [6, 6.07) is 5.36. The van der Waals surface area contributed by atoms with Crippen LogP contribution >= 0.6 is 0 Å². The Morgan fingerprint density at radius 3 is 2.44 bits per heavy atom. The summed E-state index contributed by atoms with van der Waals surface area (Å²) in [4.78, 5) is 33.8. The predicted octanol–water partition coefficient (Wildman–Crippen LogP) is 5.98. The average molecular weight is 601 g/mol. The first-order valence-electron chi connectivity index (χ1n) is 14.0. The number of benzene rings is 1. The topological polar surface area (TPSA) is 123 Å². The van der Waals surface area contributed by atoms with E-state index in [0.29, 0.717) is 12.1 Å². The van der Waals surface area contributed by atoms with Gasteiger partial charge in [-0.25, -0.2) is 22.9 Å². The van der Waals surface area contributed by atoms with Gasteiger partial charge in [0.15, 0.2) is 0 Å². The van der Waals surface area contributed by atoms with Crippen molar-refractivity contribution in [3.05, 3.63) is 71.4 Å². The Balaban J connectivity index is 1.55. The zero-order valence-electron chi connectivity index (χ0n) is 24.4. The Morgan fingerprint density at radius 2 is 1.77 bits per heavy atom. The van der Waals surface area contributed by atoms with Crippen molar-refractivity contribution < 1.29 is 37.3 Å². The van der Waals surface area contributed by atoms with Gasteiger partial charge in [-0.2, -0.15) is 0 Å². The lowest BCUT2D eigenvalue weighted by Gasteiger charge is -2.35. The minimum Gasteiger partial charge on any atom is -0.491 e. The number of hydrogen-bond donors (Lipinski definition) is 3. The van der Waals surface area contributed by atoms with Crippen molar-refractivity contribution >= 4 is 17.7 Å². The molecule has 3 N–H and O–H groups in total. The van der Waals surface area contributed by atoms with Crippen molar-refractivity contribution in [3.63, 3.8) is 0 Å². The van der Waals surface area contributed by atoms with Gasteiger partial charge in [0.1, 0.15) is 46.8 Å². The zero-order chi connectivity index (χ0) is 31.3. The Hall–Kier alpha value is -4.19.